The van der Waals surface area contributed by atoms with Crippen LogP contribution < -0.4 is 0 Å². The van der Waals surface area contributed by atoms with E-state index < -0.39 is 10.0 Å². The van der Waals surface area contributed by atoms with Gasteiger partial charge in [0.2, 0.25) is 10.0 Å². The fourth-order valence-corrected chi connectivity index (χ4v) is 4.66. The first-order valence-corrected chi connectivity index (χ1v) is 10.2. The average molecular weight is 393 g/mol. The van der Waals surface area contributed by atoms with E-state index >= 15 is 0 Å². The van der Waals surface area contributed by atoms with Crippen LogP contribution in [0.3, 0.4) is 0 Å². The third-order valence-electron chi connectivity index (χ3n) is 4.59. The molecular formula is C19H21ClN2O3S. The van der Waals surface area contributed by atoms with Gasteiger partial charge in [-0.15, -0.1) is 0 Å². The maximum absolute atomic E-state index is 12.7. The zero-order chi connectivity index (χ0) is 18.9. The molecule has 1 fully saturated rings. The summed E-state index contributed by atoms with van der Waals surface area (Å²) in [6, 6.07) is 11.9. The van der Waals surface area contributed by atoms with Crippen molar-refractivity contribution in [2.24, 2.45) is 0 Å². The normalized spacial score (nSPS) is 15.9. The maximum Gasteiger partial charge on any atom is 0.254 e. The third kappa shape index (κ3) is 3.77. The molecule has 2 aromatic carbocycles. The Balaban J connectivity index is 1.70. The van der Waals surface area contributed by atoms with E-state index in [9.17, 15) is 13.2 Å². The minimum Gasteiger partial charge on any atom is -0.336 e. The van der Waals surface area contributed by atoms with Gasteiger partial charge in [0.1, 0.15) is 0 Å². The second-order valence-electron chi connectivity index (χ2n) is 6.47. The van der Waals surface area contributed by atoms with Crippen molar-refractivity contribution in [2.75, 3.05) is 26.2 Å². The smallest absolute Gasteiger partial charge is 0.254 e. The SMILES string of the molecule is Cc1ccc(C(=O)N2CCN(S(=O)(=O)c3ccc(Cl)cc3)CC2)c(C)c1. The van der Waals surface area contributed by atoms with Gasteiger partial charge in [0.25, 0.3) is 5.91 Å². The number of hydrogen-bond donors (Lipinski definition) is 0. The van der Waals surface area contributed by atoms with E-state index in [1.54, 1.807) is 17.0 Å². The summed E-state index contributed by atoms with van der Waals surface area (Å²) in [5, 5.41) is 0.493. The Morgan fingerprint density at radius 1 is 0.962 bits per heavy atom. The molecule has 3 rings (SSSR count). The van der Waals surface area contributed by atoms with Crippen LogP contribution >= 0.6 is 11.6 Å². The highest BCUT2D eigenvalue weighted by Gasteiger charge is 2.30. The van der Waals surface area contributed by atoms with E-state index in [-0.39, 0.29) is 23.9 Å². The summed E-state index contributed by atoms with van der Waals surface area (Å²) in [5.74, 6) is -0.0500. The molecule has 0 bridgehead atoms. The zero-order valence-corrected chi connectivity index (χ0v) is 16.3. The van der Waals surface area contributed by atoms with Gasteiger partial charge in [0.05, 0.1) is 4.90 Å². The molecule has 0 radical (unpaired) electrons. The van der Waals surface area contributed by atoms with Crippen molar-refractivity contribution >= 4 is 27.5 Å². The van der Waals surface area contributed by atoms with Gasteiger partial charge in [-0.05, 0) is 49.7 Å². The van der Waals surface area contributed by atoms with Gasteiger partial charge in [-0.3, -0.25) is 4.79 Å². The highest BCUT2D eigenvalue weighted by Crippen LogP contribution is 2.21. The molecule has 0 spiro atoms. The number of sulfonamides is 1. The number of carbonyl (C=O) groups is 1. The quantitative estimate of drug-likeness (QED) is 0.806. The van der Waals surface area contributed by atoms with Crippen LogP contribution in [0.25, 0.3) is 0 Å². The maximum atomic E-state index is 12.7. The second-order valence-corrected chi connectivity index (χ2v) is 8.84. The summed E-state index contributed by atoms with van der Waals surface area (Å²) >= 11 is 5.83. The van der Waals surface area contributed by atoms with Crippen LogP contribution in [0, 0.1) is 13.8 Å². The van der Waals surface area contributed by atoms with Crippen molar-refractivity contribution < 1.29 is 13.2 Å². The van der Waals surface area contributed by atoms with Crippen molar-refractivity contribution in [1.29, 1.82) is 0 Å². The minimum absolute atomic E-state index is 0.0500. The number of piperazine rings is 1. The molecule has 0 atom stereocenters. The highest BCUT2D eigenvalue weighted by atomic mass is 35.5. The number of benzene rings is 2. The molecule has 1 saturated heterocycles. The number of nitrogens with zero attached hydrogens (tertiary/aromatic N) is 2. The topological polar surface area (TPSA) is 57.7 Å². The van der Waals surface area contributed by atoms with E-state index in [1.165, 1.54) is 16.4 Å². The Morgan fingerprint density at radius 2 is 1.58 bits per heavy atom. The van der Waals surface area contributed by atoms with E-state index in [1.807, 2.05) is 32.0 Å². The lowest BCUT2D eigenvalue weighted by Gasteiger charge is -2.34. The first kappa shape index (κ1) is 18.9. The van der Waals surface area contributed by atoms with Crippen molar-refractivity contribution in [3.05, 3.63) is 64.2 Å². The Kier molecular flexibility index (Phi) is 5.37. The van der Waals surface area contributed by atoms with Crippen LogP contribution in [0.2, 0.25) is 5.02 Å². The van der Waals surface area contributed by atoms with Crippen LogP contribution in [0.5, 0.6) is 0 Å². The molecule has 1 aliphatic heterocycles. The Bertz CT molecular complexity index is 918. The molecule has 0 unspecified atom stereocenters. The molecule has 7 heteroatoms. The Morgan fingerprint density at radius 3 is 2.15 bits per heavy atom. The molecule has 0 N–H and O–H groups in total. The summed E-state index contributed by atoms with van der Waals surface area (Å²) in [7, 11) is -3.57. The van der Waals surface area contributed by atoms with Gasteiger partial charge in [-0.1, -0.05) is 29.3 Å². The molecule has 1 aliphatic rings. The van der Waals surface area contributed by atoms with Crippen LogP contribution in [0.4, 0.5) is 0 Å². The fourth-order valence-electron chi connectivity index (χ4n) is 3.11. The summed E-state index contributed by atoms with van der Waals surface area (Å²) in [6.07, 6.45) is 0. The van der Waals surface area contributed by atoms with Gasteiger partial charge >= 0.3 is 0 Å². The summed E-state index contributed by atoms with van der Waals surface area (Å²) in [4.78, 5) is 14.7. The average Bonchev–Trinajstić information content (AvgIpc) is 2.62. The number of carbonyl (C=O) groups excluding carboxylic acids is 1. The number of aryl methyl sites for hydroxylation is 2. The van der Waals surface area contributed by atoms with Crippen LogP contribution in [0.1, 0.15) is 21.5 Å². The van der Waals surface area contributed by atoms with Crippen molar-refractivity contribution in [3.63, 3.8) is 0 Å². The van der Waals surface area contributed by atoms with Gasteiger partial charge in [0.15, 0.2) is 0 Å². The lowest BCUT2D eigenvalue weighted by Crippen LogP contribution is -2.50. The predicted molar refractivity (Wildman–Crippen MR) is 102 cm³/mol. The predicted octanol–water partition coefficient (Wildman–Crippen LogP) is 3.10. The third-order valence-corrected chi connectivity index (χ3v) is 6.75. The molecule has 1 amide bonds. The molecule has 0 aromatic heterocycles. The number of hydrogen-bond acceptors (Lipinski definition) is 3. The fraction of sp³-hybridized carbons (Fsp3) is 0.316. The van der Waals surface area contributed by atoms with Crippen molar-refractivity contribution in [3.8, 4) is 0 Å². The first-order chi connectivity index (χ1) is 12.3. The molecule has 0 aliphatic carbocycles. The van der Waals surface area contributed by atoms with Gasteiger partial charge in [0, 0.05) is 36.8 Å². The standard InChI is InChI=1S/C19H21ClN2O3S/c1-14-3-8-18(15(2)13-14)19(23)21-9-11-22(12-10-21)26(24,25)17-6-4-16(20)5-7-17/h3-8,13H,9-12H2,1-2H3. The second kappa shape index (κ2) is 7.39. The molecular weight excluding hydrogens is 372 g/mol. The van der Waals surface area contributed by atoms with Crippen molar-refractivity contribution in [2.45, 2.75) is 18.7 Å². The first-order valence-electron chi connectivity index (χ1n) is 8.41. The molecule has 0 saturated carbocycles. The van der Waals surface area contributed by atoms with Crippen LogP contribution in [0.15, 0.2) is 47.4 Å². The van der Waals surface area contributed by atoms with Gasteiger partial charge in [-0.25, -0.2) is 8.42 Å². The van der Waals surface area contributed by atoms with Crippen LogP contribution in [-0.2, 0) is 10.0 Å². The van der Waals surface area contributed by atoms with Crippen molar-refractivity contribution in [1.82, 2.24) is 9.21 Å². The van der Waals surface area contributed by atoms with Gasteiger partial charge < -0.3 is 4.90 Å². The monoisotopic (exact) mass is 392 g/mol. The Hall–Kier alpha value is -1.89. The van der Waals surface area contributed by atoms with Crippen LogP contribution in [-0.4, -0.2) is 49.7 Å². The van der Waals surface area contributed by atoms with E-state index in [4.69, 9.17) is 11.6 Å². The summed E-state index contributed by atoms with van der Waals surface area (Å²) in [5.41, 5.74) is 2.72. The van der Waals surface area contributed by atoms with Gasteiger partial charge in [-0.2, -0.15) is 4.31 Å². The summed E-state index contributed by atoms with van der Waals surface area (Å²) in [6.45, 7) is 5.21. The highest BCUT2D eigenvalue weighted by molar-refractivity contribution is 7.89. The summed E-state index contributed by atoms with van der Waals surface area (Å²) < 4.78 is 26.9. The molecule has 1 heterocycles. The van der Waals surface area contributed by atoms with E-state index in [0.717, 1.165) is 11.1 Å². The van der Waals surface area contributed by atoms with E-state index in [2.05, 4.69) is 0 Å². The van der Waals surface area contributed by atoms with E-state index in [0.29, 0.717) is 23.7 Å². The molecule has 26 heavy (non-hydrogen) atoms. The number of halogens is 1. The molecule has 138 valence electrons. The zero-order valence-electron chi connectivity index (χ0n) is 14.8. The molecule has 5 nitrogen and oxygen atoms in total. The minimum atomic E-state index is -3.57. The number of amides is 1. The lowest BCUT2D eigenvalue weighted by molar-refractivity contribution is 0.0697. The Labute approximate surface area is 159 Å². The molecule has 2 aromatic rings. The largest absolute Gasteiger partial charge is 0.336 e. The lowest BCUT2D eigenvalue weighted by atomic mass is 10.0. The number of rotatable bonds is 3.